The number of pyridine rings is 2. The molecule has 5 heteroatoms. The van der Waals surface area contributed by atoms with Crippen molar-refractivity contribution < 1.29 is 9.18 Å². The van der Waals surface area contributed by atoms with Gasteiger partial charge in [-0.05, 0) is 36.6 Å². The molecule has 0 N–H and O–H groups in total. The van der Waals surface area contributed by atoms with Crippen molar-refractivity contribution in [3.63, 3.8) is 0 Å². The number of aromatic nitrogens is 2. The molecule has 0 aliphatic heterocycles. The van der Waals surface area contributed by atoms with Gasteiger partial charge >= 0.3 is 0 Å². The van der Waals surface area contributed by atoms with E-state index < -0.39 is 5.95 Å². The predicted octanol–water partition coefficient (Wildman–Crippen LogP) is 2.42. The molecule has 102 valence electrons. The molecule has 0 bridgehead atoms. The number of amides is 1. The normalized spacial score (nSPS) is 14.1. The molecule has 0 radical (unpaired) electrons. The molecule has 1 amide bonds. The first-order chi connectivity index (χ1) is 9.74. The lowest BCUT2D eigenvalue weighted by Crippen LogP contribution is -2.33. The lowest BCUT2D eigenvalue weighted by Gasteiger charge is -2.22. The summed E-state index contributed by atoms with van der Waals surface area (Å²) in [5, 5.41) is 0. The van der Waals surface area contributed by atoms with E-state index in [-0.39, 0.29) is 17.6 Å². The molecule has 1 fully saturated rings. The number of carbonyl (C=O) groups excluding carboxylic acids is 1. The van der Waals surface area contributed by atoms with Gasteiger partial charge in [0.25, 0.3) is 5.91 Å². The lowest BCUT2D eigenvalue weighted by molar-refractivity contribution is 0.0722. The van der Waals surface area contributed by atoms with Crippen LogP contribution in [0, 0.1) is 5.95 Å². The number of carbonyl (C=O) groups is 1. The summed E-state index contributed by atoms with van der Waals surface area (Å²) in [7, 11) is 0. The highest BCUT2D eigenvalue weighted by atomic mass is 19.1. The molecule has 2 heterocycles. The van der Waals surface area contributed by atoms with Crippen LogP contribution >= 0.6 is 0 Å². The van der Waals surface area contributed by atoms with Crippen LogP contribution in [0.25, 0.3) is 0 Å². The molecule has 0 spiro atoms. The summed E-state index contributed by atoms with van der Waals surface area (Å²) >= 11 is 0. The Morgan fingerprint density at radius 1 is 1.30 bits per heavy atom. The van der Waals surface area contributed by atoms with Crippen LogP contribution in [-0.2, 0) is 6.54 Å². The van der Waals surface area contributed by atoms with Gasteiger partial charge in [0.1, 0.15) is 5.69 Å². The average Bonchev–Trinajstić information content (AvgIpc) is 3.30. The van der Waals surface area contributed by atoms with E-state index in [1.54, 1.807) is 23.4 Å². The van der Waals surface area contributed by atoms with Crippen LogP contribution in [0.15, 0.2) is 42.7 Å². The van der Waals surface area contributed by atoms with Gasteiger partial charge in [0.15, 0.2) is 0 Å². The van der Waals surface area contributed by atoms with Gasteiger partial charge in [-0.15, -0.1) is 0 Å². The maximum atomic E-state index is 13.1. The molecule has 1 aliphatic carbocycles. The second kappa shape index (κ2) is 5.36. The monoisotopic (exact) mass is 271 g/mol. The largest absolute Gasteiger partial charge is 0.330 e. The molecule has 3 rings (SSSR count). The van der Waals surface area contributed by atoms with Crippen molar-refractivity contribution in [2.75, 3.05) is 0 Å². The first-order valence-electron chi connectivity index (χ1n) is 6.56. The third-order valence-electron chi connectivity index (χ3n) is 3.26. The van der Waals surface area contributed by atoms with Gasteiger partial charge in [0.2, 0.25) is 5.95 Å². The second-order valence-corrected chi connectivity index (χ2v) is 4.87. The fourth-order valence-corrected chi connectivity index (χ4v) is 2.12. The van der Waals surface area contributed by atoms with E-state index in [0.29, 0.717) is 6.54 Å². The van der Waals surface area contributed by atoms with Gasteiger partial charge in [-0.25, -0.2) is 4.98 Å². The second-order valence-electron chi connectivity index (χ2n) is 4.87. The van der Waals surface area contributed by atoms with Crippen LogP contribution in [0.2, 0.25) is 0 Å². The van der Waals surface area contributed by atoms with E-state index in [2.05, 4.69) is 9.97 Å². The van der Waals surface area contributed by atoms with Crippen LogP contribution in [0.4, 0.5) is 4.39 Å². The zero-order valence-corrected chi connectivity index (χ0v) is 10.9. The van der Waals surface area contributed by atoms with Crippen molar-refractivity contribution in [2.45, 2.75) is 25.4 Å². The average molecular weight is 271 g/mol. The number of nitrogens with zero attached hydrogens (tertiary/aromatic N) is 3. The third kappa shape index (κ3) is 2.82. The first-order valence-corrected chi connectivity index (χ1v) is 6.56. The number of rotatable bonds is 4. The molecular weight excluding hydrogens is 257 g/mol. The standard InChI is InChI=1S/C15H14FN3O/c16-14-5-1-4-13(18-14)15(20)19(12-6-7-12)10-11-3-2-8-17-9-11/h1-5,8-9,12H,6-7,10H2. The smallest absolute Gasteiger partial charge is 0.273 e. The van der Waals surface area contributed by atoms with Gasteiger partial charge in [0, 0.05) is 25.0 Å². The molecule has 4 nitrogen and oxygen atoms in total. The Bertz CT molecular complexity index is 614. The topological polar surface area (TPSA) is 46.1 Å². The number of halogens is 1. The number of hydrogen-bond donors (Lipinski definition) is 0. The maximum absolute atomic E-state index is 13.1. The van der Waals surface area contributed by atoms with Crippen LogP contribution < -0.4 is 0 Å². The Kier molecular flexibility index (Phi) is 3.41. The van der Waals surface area contributed by atoms with Gasteiger partial charge in [0.05, 0.1) is 0 Å². The quantitative estimate of drug-likeness (QED) is 0.802. The number of hydrogen-bond acceptors (Lipinski definition) is 3. The summed E-state index contributed by atoms with van der Waals surface area (Å²) < 4.78 is 13.1. The minimum Gasteiger partial charge on any atom is -0.330 e. The van der Waals surface area contributed by atoms with Gasteiger partial charge in [-0.3, -0.25) is 9.78 Å². The van der Waals surface area contributed by atoms with E-state index in [1.165, 1.54) is 12.1 Å². The van der Waals surface area contributed by atoms with Crippen LogP contribution in [0.5, 0.6) is 0 Å². The molecule has 0 aromatic carbocycles. The summed E-state index contributed by atoms with van der Waals surface area (Å²) in [5.41, 5.74) is 1.12. The summed E-state index contributed by atoms with van der Waals surface area (Å²) in [6.45, 7) is 0.482. The summed E-state index contributed by atoms with van der Waals surface area (Å²) in [5.74, 6) is -0.858. The van der Waals surface area contributed by atoms with E-state index in [1.807, 2.05) is 12.1 Å². The van der Waals surface area contributed by atoms with Crippen molar-refractivity contribution in [3.8, 4) is 0 Å². The Labute approximate surface area is 116 Å². The molecule has 1 saturated carbocycles. The molecule has 0 saturated heterocycles. The zero-order chi connectivity index (χ0) is 13.9. The molecule has 2 aromatic heterocycles. The minimum absolute atomic E-state index is 0.154. The molecule has 1 aliphatic rings. The van der Waals surface area contributed by atoms with Crippen molar-refractivity contribution >= 4 is 5.91 Å². The Morgan fingerprint density at radius 2 is 2.15 bits per heavy atom. The van der Waals surface area contributed by atoms with Crippen molar-refractivity contribution in [2.24, 2.45) is 0 Å². The Morgan fingerprint density at radius 3 is 2.80 bits per heavy atom. The van der Waals surface area contributed by atoms with E-state index in [9.17, 15) is 9.18 Å². The maximum Gasteiger partial charge on any atom is 0.273 e. The van der Waals surface area contributed by atoms with Crippen LogP contribution in [-0.4, -0.2) is 26.8 Å². The summed E-state index contributed by atoms with van der Waals surface area (Å²) in [4.78, 5) is 21.9. The SMILES string of the molecule is O=C(c1cccc(F)n1)N(Cc1cccnc1)C1CC1. The van der Waals surface area contributed by atoms with E-state index in [0.717, 1.165) is 18.4 Å². The highest BCUT2D eigenvalue weighted by Gasteiger charge is 2.33. The third-order valence-corrected chi connectivity index (χ3v) is 3.26. The highest BCUT2D eigenvalue weighted by Crippen LogP contribution is 2.29. The van der Waals surface area contributed by atoms with Crippen molar-refractivity contribution in [1.29, 1.82) is 0 Å². The van der Waals surface area contributed by atoms with Crippen LogP contribution in [0.3, 0.4) is 0 Å². The molecular formula is C15H14FN3O. The summed E-state index contributed by atoms with van der Waals surface area (Å²) in [6.07, 6.45) is 5.41. The molecule has 0 atom stereocenters. The van der Waals surface area contributed by atoms with Crippen molar-refractivity contribution in [3.05, 3.63) is 59.9 Å². The van der Waals surface area contributed by atoms with Gasteiger partial charge in [-0.2, -0.15) is 4.39 Å². The van der Waals surface area contributed by atoms with E-state index in [4.69, 9.17) is 0 Å². The van der Waals surface area contributed by atoms with E-state index >= 15 is 0 Å². The summed E-state index contributed by atoms with van der Waals surface area (Å²) in [6, 6.07) is 8.28. The Balaban J connectivity index is 1.82. The first kappa shape index (κ1) is 12.7. The zero-order valence-electron chi connectivity index (χ0n) is 10.9. The van der Waals surface area contributed by atoms with Crippen LogP contribution in [0.1, 0.15) is 28.9 Å². The lowest BCUT2D eigenvalue weighted by atomic mass is 10.2. The minimum atomic E-state index is -0.632. The molecule has 20 heavy (non-hydrogen) atoms. The fourth-order valence-electron chi connectivity index (χ4n) is 2.12. The van der Waals surface area contributed by atoms with Gasteiger partial charge in [-0.1, -0.05) is 12.1 Å². The van der Waals surface area contributed by atoms with Crippen molar-refractivity contribution in [1.82, 2.24) is 14.9 Å². The molecule has 0 unspecified atom stereocenters. The molecule has 2 aromatic rings. The predicted molar refractivity (Wildman–Crippen MR) is 71.3 cm³/mol. The fraction of sp³-hybridized carbons (Fsp3) is 0.267. The highest BCUT2D eigenvalue weighted by molar-refractivity contribution is 5.92. The Hall–Kier alpha value is -2.30. The van der Waals surface area contributed by atoms with Gasteiger partial charge < -0.3 is 4.90 Å².